The maximum atomic E-state index is 11.4. The lowest BCUT2D eigenvalue weighted by atomic mass is 10.2. The molecule has 0 bridgehead atoms. The van der Waals surface area contributed by atoms with Crippen LogP contribution >= 0.6 is 0 Å². The predicted octanol–water partition coefficient (Wildman–Crippen LogP) is 0.357. The average molecular weight is 386 g/mol. The second kappa shape index (κ2) is 11.8. The quantitative estimate of drug-likeness (QED) is 0.288. The lowest BCUT2D eigenvalue weighted by Crippen LogP contribution is -2.41. The van der Waals surface area contributed by atoms with Crippen molar-refractivity contribution in [3.8, 4) is 0 Å². The third kappa shape index (κ3) is 9.14. The number of ether oxygens (including phenoxy) is 1. The number of guanidine groups is 1. The molecule has 148 valence electrons. The number of likely N-dealkylation sites (N-methyl/N-ethyl adjacent to an activating group) is 1. The average Bonchev–Trinajstić information content (AvgIpc) is 2.59. The van der Waals surface area contributed by atoms with Gasteiger partial charge >= 0.3 is 0 Å². The van der Waals surface area contributed by atoms with Gasteiger partial charge in [-0.2, -0.15) is 0 Å². The van der Waals surface area contributed by atoms with Crippen molar-refractivity contribution in [2.45, 2.75) is 24.8 Å². The molecule has 0 aromatic heterocycles. The van der Waals surface area contributed by atoms with Crippen LogP contribution in [0.25, 0.3) is 0 Å². The zero-order valence-electron chi connectivity index (χ0n) is 15.9. The van der Waals surface area contributed by atoms with E-state index in [4.69, 9.17) is 9.88 Å². The highest BCUT2D eigenvalue weighted by molar-refractivity contribution is 7.89. The number of benzene rings is 1. The predicted molar refractivity (Wildman–Crippen MR) is 105 cm³/mol. The van der Waals surface area contributed by atoms with E-state index in [0.717, 1.165) is 44.8 Å². The molecule has 1 aromatic rings. The monoisotopic (exact) mass is 385 g/mol. The molecular weight excluding hydrogens is 354 g/mol. The van der Waals surface area contributed by atoms with E-state index < -0.39 is 10.0 Å². The molecule has 0 fully saturated rings. The van der Waals surface area contributed by atoms with Gasteiger partial charge in [0.05, 0.1) is 11.4 Å². The first-order chi connectivity index (χ1) is 12.4. The van der Waals surface area contributed by atoms with Crippen molar-refractivity contribution in [3.63, 3.8) is 0 Å². The van der Waals surface area contributed by atoms with Crippen molar-refractivity contribution in [1.82, 2.24) is 15.5 Å². The minimum atomic E-state index is -3.70. The molecular formula is C17H31N5O3S. The number of hydrogen-bond donors (Lipinski definition) is 3. The first-order valence-corrected chi connectivity index (χ1v) is 10.2. The molecule has 1 aromatic carbocycles. The molecule has 0 radical (unpaired) electrons. The summed E-state index contributed by atoms with van der Waals surface area (Å²) in [4.78, 5) is 6.82. The first-order valence-electron chi connectivity index (χ1n) is 8.68. The molecule has 0 heterocycles. The molecule has 0 amide bonds. The van der Waals surface area contributed by atoms with E-state index in [0.29, 0.717) is 12.5 Å². The van der Waals surface area contributed by atoms with Crippen LogP contribution in [0.1, 0.15) is 18.9 Å². The molecule has 26 heavy (non-hydrogen) atoms. The lowest BCUT2D eigenvalue weighted by Gasteiger charge is -2.18. The van der Waals surface area contributed by atoms with Gasteiger partial charge in [-0.25, -0.2) is 18.5 Å². The summed E-state index contributed by atoms with van der Waals surface area (Å²) in [5.41, 5.74) is 0.783. The molecule has 0 aliphatic rings. The minimum absolute atomic E-state index is 0.0980. The van der Waals surface area contributed by atoms with Gasteiger partial charge < -0.3 is 20.3 Å². The summed E-state index contributed by atoms with van der Waals surface area (Å²) in [7, 11) is 0.0756. The van der Waals surface area contributed by atoms with Crippen molar-refractivity contribution in [2.24, 2.45) is 10.1 Å². The van der Waals surface area contributed by atoms with Crippen LogP contribution in [0, 0.1) is 0 Å². The van der Waals surface area contributed by atoms with Gasteiger partial charge in [0.2, 0.25) is 10.0 Å². The zero-order chi connectivity index (χ0) is 19.4. The van der Waals surface area contributed by atoms with Crippen LogP contribution < -0.4 is 15.8 Å². The zero-order valence-corrected chi connectivity index (χ0v) is 16.7. The van der Waals surface area contributed by atoms with Crippen molar-refractivity contribution in [2.75, 3.05) is 46.9 Å². The Morgan fingerprint density at radius 1 is 1.31 bits per heavy atom. The Morgan fingerprint density at radius 2 is 2.08 bits per heavy atom. The van der Waals surface area contributed by atoms with Crippen molar-refractivity contribution < 1.29 is 13.2 Å². The third-order valence-corrected chi connectivity index (χ3v) is 4.58. The molecule has 0 aliphatic carbocycles. The molecule has 1 rings (SSSR count). The van der Waals surface area contributed by atoms with E-state index in [-0.39, 0.29) is 4.90 Å². The van der Waals surface area contributed by atoms with Gasteiger partial charge in [-0.05, 0) is 38.1 Å². The highest BCUT2D eigenvalue weighted by Crippen LogP contribution is 2.10. The van der Waals surface area contributed by atoms with Crippen LogP contribution in [0.5, 0.6) is 0 Å². The fourth-order valence-electron chi connectivity index (χ4n) is 2.29. The summed E-state index contributed by atoms with van der Waals surface area (Å²) < 4.78 is 27.9. The Morgan fingerprint density at radius 3 is 2.73 bits per heavy atom. The van der Waals surface area contributed by atoms with E-state index in [9.17, 15) is 8.42 Å². The SMILES string of the molecule is CCNC(=NCc1cccc(S(N)(=O)=O)c1)NCCN(C)CCCOC. The number of nitrogens with two attached hydrogens (primary N) is 1. The van der Waals surface area contributed by atoms with Crippen molar-refractivity contribution >= 4 is 16.0 Å². The van der Waals surface area contributed by atoms with E-state index in [1.165, 1.54) is 6.07 Å². The Kier molecular flexibility index (Phi) is 10.2. The Labute approximate surface area is 156 Å². The summed E-state index contributed by atoms with van der Waals surface area (Å²) in [6.07, 6.45) is 1.00. The molecule has 0 spiro atoms. The molecule has 0 aliphatic heterocycles. The molecule has 0 unspecified atom stereocenters. The normalized spacial score (nSPS) is 12.4. The number of primary sulfonamides is 1. The molecule has 4 N–H and O–H groups in total. The molecule has 0 saturated heterocycles. The smallest absolute Gasteiger partial charge is 0.238 e. The molecule has 8 nitrogen and oxygen atoms in total. The van der Waals surface area contributed by atoms with E-state index >= 15 is 0 Å². The lowest BCUT2D eigenvalue weighted by molar-refractivity contribution is 0.180. The number of hydrogen-bond acceptors (Lipinski definition) is 5. The van der Waals surface area contributed by atoms with Gasteiger partial charge in [-0.3, -0.25) is 0 Å². The van der Waals surface area contributed by atoms with Gasteiger partial charge in [0.25, 0.3) is 0 Å². The van der Waals surface area contributed by atoms with Crippen LogP contribution in [0.3, 0.4) is 0 Å². The van der Waals surface area contributed by atoms with Crippen LogP contribution in [0.15, 0.2) is 34.2 Å². The maximum Gasteiger partial charge on any atom is 0.238 e. The van der Waals surface area contributed by atoms with Gasteiger partial charge in [-0.15, -0.1) is 0 Å². The maximum absolute atomic E-state index is 11.4. The first kappa shape index (κ1) is 22.4. The molecule has 0 atom stereocenters. The van der Waals surface area contributed by atoms with Gasteiger partial charge in [0.1, 0.15) is 0 Å². The largest absolute Gasteiger partial charge is 0.385 e. The Bertz CT molecular complexity index is 664. The van der Waals surface area contributed by atoms with Gasteiger partial charge in [-0.1, -0.05) is 12.1 Å². The van der Waals surface area contributed by atoms with Gasteiger partial charge in [0, 0.05) is 39.9 Å². The summed E-state index contributed by atoms with van der Waals surface area (Å²) >= 11 is 0. The highest BCUT2D eigenvalue weighted by Gasteiger charge is 2.08. The number of sulfonamides is 1. The second-order valence-corrected chi connectivity index (χ2v) is 7.53. The summed E-state index contributed by atoms with van der Waals surface area (Å²) in [6.45, 7) is 6.48. The van der Waals surface area contributed by atoms with Crippen LogP contribution in [-0.2, 0) is 21.3 Å². The van der Waals surface area contributed by atoms with Crippen LogP contribution in [-0.4, -0.2) is 66.2 Å². The number of aliphatic imine (C=N–C) groups is 1. The summed E-state index contributed by atoms with van der Waals surface area (Å²) in [5.74, 6) is 0.693. The fraction of sp³-hybridized carbons (Fsp3) is 0.588. The number of methoxy groups -OCH3 is 1. The molecule has 0 saturated carbocycles. The highest BCUT2D eigenvalue weighted by atomic mass is 32.2. The third-order valence-electron chi connectivity index (χ3n) is 3.67. The van der Waals surface area contributed by atoms with Gasteiger partial charge in [0.15, 0.2) is 5.96 Å². The summed E-state index contributed by atoms with van der Waals surface area (Å²) in [5, 5.41) is 11.6. The van der Waals surface area contributed by atoms with E-state index in [2.05, 4.69) is 27.6 Å². The number of nitrogens with zero attached hydrogens (tertiary/aromatic N) is 2. The van der Waals surface area contributed by atoms with Crippen molar-refractivity contribution in [1.29, 1.82) is 0 Å². The van der Waals surface area contributed by atoms with E-state index in [1.54, 1.807) is 19.2 Å². The molecule has 9 heteroatoms. The topological polar surface area (TPSA) is 109 Å². The second-order valence-electron chi connectivity index (χ2n) is 5.96. The Balaban J connectivity index is 2.56. The summed E-state index contributed by atoms with van der Waals surface area (Å²) in [6, 6.07) is 6.52. The standard InChI is InChI=1S/C17H31N5O3S/c1-4-19-17(20-9-11-22(2)10-6-12-25-3)21-14-15-7-5-8-16(13-15)26(18,23)24/h5,7-8,13H,4,6,9-12,14H2,1-3H3,(H2,18,23,24)(H2,19,20,21). The van der Waals surface area contributed by atoms with Crippen molar-refractivity contribution in [3.05, 3.63) is 29.8 Å². The van der Waals surface area contributed by atoms with Crippen LogP contribution in [0.2, 0.25) is 0 Å². The minimum Gasteiger partial charge on any atom is -0.385 e. The van der Waals surface area contributed by atoms with E-state index in [1.807, 2.05) is 13.0 Å². The number of nitrogens with one attached hydrogen (secondary N) is 2. The Hall–Kier alpha value is -1.68. The van der Waals surface area contributed by atoms with Crippen LogP contribution in [0.4, 0.5) is 0 Å². The number of rotatable bonds is 11. The fourth-order valence-corrected chi connectivity index (χ4v) is 2.87.